The first kappa shape index (κ1) is 12.0. The van der Waals surface area contributed by atoms with Gasteiger partial charge in [-0.1, -0.05) is 11.8 Å². The molecule has 0 aromatic carbocycles. The van der Waals surface area contributed by atoms with E-state index in [1.807, 2.05) is 24.1 Å². The molecular weight excluding hydrogens is 236 g/mol. The molecule has 0 radical (unpaired) electrons. The summed E-state index contributed by atoms with van der Waals surface area (Å²) in [7, 11) is 1.81. The SMILES string of the molecule is CN1CCN(Cc2ccc(C#CCO)s2)C1=O. The summed E-state index contributed by atoms with van der Waals surface area (Å²) in [4.78, 5) is 17.3. The Bertz CT molecular complexity index is 472. The predicted octanol–water partition coefficient (Wildman–Crippen LogP) is 0.959. The van der Waals surface area contributed by atoms with Crippen LogP contribution in [-0.4, -0.2) is 47.7 Å². The molecule has 1 N–H and O–H groups in total. The lowest BCUT2D eigenvalue weighted by molar-refractivity contribution is 0.197. The van der Waals surface area contributed by atoms with Crippen LogP contribution in [0, 0.1) is 11.8 Å². The zero-order chi connectivity index (χ0) is 12.3. The fourth-order valence-corrected chi connectivity index (χ4v) is 2.59. The van der Waals surface area contributed by atoms with Crippen molar-refractivity contribution in [2.75, 3.05) is 26.7 Å². The lowest BCUT2D eigenvalue weighted by Gasteiger charge is -2.14. The first-order valence-electron chi connectivity index (χ1n) is 5.39. The van der Waals surface area contributed by atoms with Crippen LogP contribution in [0.1, 0.15) is 9.75 Å². The van der Waals surface area contributed by atoms with Crippen LogP contribution in [0.5, 0.6) is 0 Å². The summed E-state index contributed by atoms with van der Waals surface area (Å²) in [6, 6.07) is 3.99. The normalized spacial score (nSPS) is 15.1. The molecule has 0 bridgehead atoms. The van der Waals surface area contributed by atoms with Gasteiger partial charge in [0.05, 0.1) is 11.4 Å². The summed E-state index contributed by atoms with van der Waals surface area (Å²) in [5.41, 5.74) is 0. The minimum Gasteiger partial charge on any atom is -0.384 e. The van der Waals surface area contributed by atoms with Gasteiger partial charge in [0.25, 0.3) is 0 Å². The quantitative estimate of drug-likeness (QED) is 0.795. The highest BCUT2D eigenvalue weighted by Crippen LogP contribution is 2.19. The largest absolute Gasteiger partial charge is 0.384 e. The molecule has 1 aromatic heterocycles. The summed E-state index contributed by atoms with van der Waals surface area (Å²) in [5, 5.41) is 8.60. The van der Waals surface area contributed by atoms with E-state index in [-0.39, 0.29) is 12.6 Å². The van der Waals surface area contributed by atoms with E-state index in [4.69, 9.17) is 5.11 Å². The number of aliphatic hydroxyl groups is 1. The first-order valence-corrected chi connectivity index (χ1v) is 6.21. The lowest BCUT2D eigenvalue weighted by Crippen LogP contribution is -2.28. The van der Waals surface area contributed by atoms with Crippen molar-refractivity contribution in [2.24, 2.45) is 0 Å². The van der Waals surface area contributed by atoms with E-state index in [9.17, 15) is 4.79 Å². The van der Waals surface area contributed by atoms with Crippen molar-refractivity contribution in [3.8, 4) is 11.8 Å². The molecule has 4 nitrogen and oxygen atoms in total. The molecular formula is C12H14N2O2S. The molecule has 2 amide bonds. The van der Waals surface area contributed by atoms with E-state index in [2.05, 4.69) is 11.8 Å². The van der Waals surface area contributed by atoms with Crippen LogP contribution < -0.4 is 0 Å². The number of nitrogens with zero attached hydrogens (tertiary/aromatic N) is 2. The maximum absolute atomic E-state index is 11.7. The molecule has 2 rings (SSSR count). The molecule has 1 aliphatic rings. The second kappa shape index (κ2) is 5.21. The minimum atomic E-state index is -0.122. The Morgan fingerprint density at radius 3 is 2.94 bits per heavy atom. The minimum absolute atomic E-state index is 0.0846. The van der Waals surface area contributed by atoms with Crippen LogP contribution in [0.25, 0.3) is 0 Å². The summed E-state index contributed by atoms with van der Waals surface area (Å²) in [6.45, 7) is 2.10. The van der Waals surface area contributed by atoms with Crippen molar-refractivity contribution >= 4 is 17.4 Å². The Kier molecular flexibility index (Phi) is 3.67. The molecule has 0 spiro atoms. The Labute approximate surface area is 104 Å². The van der Waals surface area contributed by atoms with Gasteiger partial charge in [-0.2, -0.15) is 0 Å². The summed E-state index contributed by atoms with van der Waals surface area (Å²) in [6.07, 6.45) is 0. The molecule has 2 heterocycles. The highest BCUT2D eigenvalue weighted by atomic mass is 32.1. The molecule has 1 fully saturated rings. The second-order valence-corrected chi connectivity index (χ2v) is 5.02. The Hall–Kier alpha value is -1.51. The third-order valence-corrected chi connectivity index (χ3v) is 3.59. The van der Waals surface area contributed by atoms with Crippen molar-refractivity contribution in [2.45, 2.75) is 6.54 Å². The number of hydrogen-bond acceptors (Lipinski definition) is 3. The monoisotopic (exact) mass is 250 g/mol. The molecule has 0 atom stereocenters. The average molecular weight is 250 g/mol. The maximum atomic E-state index is 11.7. The van der Waals surface area contributed by atoms with Crippen molar-refractivity contribution in [1.82, 2.24) is 9.80 Å². The van der Waals surface area contributed by atoms with Gasteiger partial charge in [0.2, 0.25) is 0 Å². The Balaban J connectivity index is 2.00. The van der Waals surface area contributed by atoms with Crippen LogP contribution in [0.2, 0.25) is 0 Å². The highest BCUT2D eigenvalue weighted by molar-refractivity contribution is 7.12. The van der Waals surface area contributed by atoms with Crippen molar-refractivity contribution in [3.05, 3.63) is 21.9 Å². The van der Waals surface area contributed by atoms with Gasteiger partial charge in [0.1, 0.15) is 6.61 Å². The van der Waals surface area contributed by atoms with Crippen LogP contribution in [0.4, 0.5) is 4.79 Å². The molecule has 0 unspecified atom stereocenters. The number of thiophene rings is 1. The topological polar surface area (TPSA) is 43.8 Å². The van der Waals surface area contributed by atoms with E-state index < -0.39 is 0 Å². The number of carbonyl (C=O) groups is 1. The maximum Gasteiger partial charge on any atom is 0.320 e. The predicted molar refractivity (Wildman–Crippen MR) is 66.7 cm³/mol. The van der Waals surface area contributed by atoms with Gasteiger partial charge in [0.15, 0.2) is 0 Å². The molecule has 5 heteroatoms. The van der Waals surface area contributed by atoms with Crippen molar-refractivity contribution in [3.63, 3.8) is 0 Å². The summed E-state index contributed by atoms with van der Waals surface area (Å²) in [5.74, 6) is 5.48. The molecule has 17 heavy (non-hydrogen) atoms. The van der Waals surface area contributed by atoms with Gasteiger partial charge in [-0.05, 0) is 12.1 Å². The molecule has 1 aliphatic heterocycles. The zero-order valence-electron chi connectivity index (χ0n) is 9.64. The van der Waals surface area contributed by atoms with Gasteiger partial charge in [-0.25, -0.2) is 4.79 Å². The number of urea groups is 1. The average Bonchev–Trinajstić information content (AvgIpc) is 2.89. The fourth-order valence-electron chi connectivity index (χ4n) is 1.69. The van der Waals surface area contributed by atoms with Gasteiger partial charge in [-0.3, -0.25) is 0 Å². The number of carbonyl (C=O) groups excluding carboxylic acids is 1. The van der Waals surface area contributed by atoms with E-state index in [1.165, 1.54) is 0 Å². The number of hydrogen-bond donors (Lipinski definition) is 1. The lowest BCUT2D eigenvalue weighted by atomic mass is 10.4. The Morgan fingerprint density at radius 2 is 2.29 bits per heavy atom. The van der Waals surface area contributed by atoms with Gasteiger partial charge >= 0.3 is 6.03 Å². The zero-order valence-corrected chi connectivity index (χ0v) is 10.5. The van der Waals surface area contributed by atoms with Crippen molar-refractivity contribution in [1.29, 1.82) is 0 Å². The molecule has 0 saturated carbocycles. The number of rotatable bonds is 2. The van der Waals surface area contributed by atoms with Crippen LogP contribution >= 0.6 is 11.3 Å². The number of aliphatic hydroxyl groups excluding tert-OH is 1. The molecule has 1 aromatic rings. The van der Waals surface area contributed by atoms with Crippen molar-refractivity contribution < 1.29 is 9.90 Å². The second-order valence-electron chi connectivity index (χ2n) is 3.85. The fraction of sp³-hybridized carbons (Fsp3) is 0.417. The van der Waals surface area contributed by atoms with Gasteiger partial charge in [-0.15, -0.1) is 11.3 Å². The molecule has 90 valence electrons. The summed E-state index contributed by atoms with van der Waals surface area (Å²) >= 11 is 1.57. The van der Waals surface area contributed by atoms with E-state index >= 15 is 0 Å². The van der Waals surface area contributed by atoms with E-state index in [0.29, 0.717) is 6.54 Å². The van der Waals surface area contributed by atoms with Crippen LogP contribution in [0.15, 0.2) is 12.1 Å². The van der Waals surface area contributed by atoms with E-state index in [0.717, 1.165) is 22.8 Å². The van der Waals surface area contributed by atoms with Gasteiger partial charge in [0, 0.05) is 25.0 Å². The van der Waals surface area contributed by atoms with E-state index in [1.54, 1.807) is 16.2 Å². The smallest absolute Gasteiger partial charge is 0.320 e. The third-order valence-electron chi connectivity index (χ3n) is 2.60. The third kappa shape index (κ3) is 2.78. The Morgan fingerprint density at radius 1 is 1.47 bits per heavy atom. The number of amides is 2. The molecule has 1 saturated heterocycles. The van der Waals surface area contributed by atoms with Crippen LogP contribution in [-0.2, 0) is 6.54 Å². The van der Waals surface area contributed by atoms with Crippen LogP contribution in [0.3, 0.4) is 0 Å². The standard InChI is InChI=1S/C12H14N2O2S/c1-13-6-7-14(12(13)16)9-11-5-4-10(17-11)3-2-8-15/h4-5,15H,6-9H2,1H3. The highest BCUT2D eigenvalue weighted by Gasteiger charge is 2.25. The van der Waals surface area contributed by atoms with Gasteiger partial charge < -0.3 is 14.9 Å². The first-order chi connectivity index (χ1) is 8.20. The molecule has 0 aliphatic carbocycles. The number of likely N-dealkylation sites (N-methyl/N-ethyl adjacent to an activating group) is 1. The summed E-state index contributed by atoms with van der Waals surface area (Å²) < 4.78 is 0.